The Morgan fingerprint density at radius 3 is 2.69 bits per heavy atom. The zero-order valence-electron chi connectivity index (χ0n) is 17.5. The fraction of sp³-hybridized carbons (Fsp3) is 0.524. The minimum Gasteiger partial charge on any atom is -0.386 e. The van der Waals surface area contributed by atoms with Crippen LogP contribution in [0.4, 0.5) is 0 Å². The number of aliphatic hydroxyl groups is 1. The lowest BCUT2D eigenvalue weighted by molar-refractivity contribution is 0.0786. The van der Waals surface area contributed by atoms with Crippen molar-refractivity contribution in [3.05, 3.63) is 47.1 Å². The molecule has 8 heteroatoms. The highest BCUT2D eigenvalue weighted by molar-refractivity contribution is 5.55. The third-order valence-corrected chi connectivity index (χ3v) is 5.49. The summed E-state index contributed by atoms with van der Waals surface area (Å²) in [4.78, 5) is 6.80. The van der Waals surface area contributed by atoms with E-state index >= 15 is 0 Å². The van der Waals surface area contributed by atoms with Crippen LogP contribution >= 0.6 is 0 Å². The van der Waals surface area contributed by atoms with Crippen LogP contribution in [0.3, 0.4) is 0 Å². The average Bonchev–Trinajstić information content (AvgIpc) is 3.32. The van der Waals surface area contributed by atoms with Crippen molar-refractivity contribution in [1.29, 1.82) is 0 Å². The lowest BCUT2D eigenvalue weighted by atomic mass is 9.89. The number of hydrogen-bond donors (Lipinski definition) is 1. The Balaban J connectivity index is 1.50. The maximum atomic E-state index is 10.1. The van der Waals surface area contributed by atoms with E-state index in [1.54, 1.807) is 13.8 Å². The van der Waals surface area contributed by atoms with Gasteiger partial charge in [0.25, 0.3) is 0 Å². The molecule has 154 valence electrons. The molecule has 1 aliphatic rings. The molecule has 0 saturated carbocycles. The molecule has 29 heavy (non-hydrogen) atoms. The molecule has 0 fully saturated rings. The van der Waals surface area contributed by atoms with Crippen LogP contribution in [0.2, 0.25) is 0 Å². The fourth-order valence-corrected chi connectivity index (χ4v) is 3.66. The number of fused-ring (bicyclic) bond motifs is 1. The predicted molar refractivity (Wildman–Crippen MR) is 108 cm³/mol. The Hall–Kier alpha value is -2.58. The topological polar surface area (TPSA) is 93.1 Å². The van der Waals surface area contributed by atoms with Gasteiger partial charge in [0, 0.05) is 24.4 Å². The second-order valence-electron chi connectivity index (χ2n) is 8.54. The molecule has 8 nitrogen and oxygen atoms in total. The van der Waals surface area contributed by atoms with Crippen LogP contribution in [-0.4, -0.2) is 55.8 Å². The molecule has 1 atom stereocenters. The van der Waals surface area contributed by atoms with Gasteiger partial charge in [0.05, 0.1) is 23.5 Å². The first-order valence-corrected chi connectivity index (χ1v) is 10.0. The van der Waals surface area contributed by atoms with Gasteiger partial charge in [-0.25, -0.2) is 4.68 Å². The first kappa shape index (κ1) is 19.7. The molecular weight excluding hydrogens is 368 g/mol. The van der Waals surface area contributed by atoms with E-state index < -0.39 is 5.60 Å². The molecule has 2 heterocycles. The van der Waals surface area contributed by atoms with Crippen molar-refractivity contribution < 1.29 is 9.63 Å². The Kier molecular flexibility index (Phi) is 5.23. The van der Waals surface area contributed by atoms with E-state index in [4.69, 9.17) is 4.52 Å². The molecule has 0 radical (unpaired) electrons. The van der Waals surface area contributed by atoms with Crippen LogP contribution in [-0.2, 0) is 25.0 Å². The van der Waals surface area contributed by atoms with E-state index in [1.807, 2.05) is 28.9 Å². The van der Waals surface area contributed by atoms with Crippen molar-refractivity contribution in [2.75, 3.05) is 20.6 Å². The van der Waals surface area contributed by atoms with Gasteiger partial charge in [-0.1, -0.05) is 34.6 Å². The molecule has 1 aliphatic carbocycles. The van der Waals surface area contributed by atoms with E-state index in [0.717, 1.165) is 49.2 Å². The smallest absolute Gasteiger partial charge is 0.230 e. The van der Waals surface area contributed by atoms with E-state index in [2.05, 4.69) is 39.4 Å². The largest absolute Gasteiger partial charge is 0.386 e. The summed E-state index contributed by atoms with van der Waals surface area (Å²) >= 11 is 0. The number of nitrogens with zero attached hydrogens (tertiary/aromatic N) is 6. The number of rotatable bonds is 6. The summed E-state index contributed by atoms with van der Waals surface area (Å²) in [7, 11) is 4.11. The Morgan fingerprint density at radius 1 is 1.24 bits per heavy atom. The summed E-state index contributed by atoms with van der Waals surface area (Å²) in [6.07, 6.45) is 2.62. The summed E-state index contributed by atoms with van der Waals surface area (Å²) in [5, 5.41) is 23.0. The zero-order chi connectivity index (χ0) is 20.6. The molecule has 0 spiro atoms. The lowest BCUT2D eigenvalue weighted by Crippen LogP contribution is -2.22. The van der Waals surface area contributed by atoms with Crippen LogP contribution in [0.5, 0.6) is 0 Å². The van der Waals surface area contributed by atoms with Gasteiger partial charge in [-0.15, -0.1) is 5.10 Å². The van der Waals surface area contributed by atoms with Crippen molar-refractivity contribution in [3.63, 3.8) is 0 Å². The molecule has 1 unspecified atom stereocenters. The summed E-state index contributed by atoms with van der Waals surface area (Å²) in [5.74, 6) is 1.42. The molecule has 1 N–H and O–H groups in total. The summed E-state index contributed by atoms with van der Waals surface area (Å²) in [6, 6.07) is 7.63. The summed E-state index contributed by atoms with van der Waals surface area (Å²) in [5.41, 5.74) is 3.12. The van der Waals surface area contributed by atoms with Gasteiger partial charge in [0.15, 0.2) is 0 Å². The third-order valence-electron chi connectivity index (χ3n) is 5.49. The van der Waals surface area contributed by atoms with Gasteiger partial charge >= 0.3 is 0 Å². The Bertz CT molecular complexity index is 968. The lowest BCUT2D eigenvalue weighted by Gasteiger charge is -2.19. The van der Waals surface area contributed by atoms with Crippen molar-refractivity contribution in [3.8, 4) is 11.4 Å². The molecule has 4 rings (SSSR count). The van der Waals surface area contributed by atoms with Crippen molar-refractivity contribution >= 4 is 0 Å². The van der Waals surface area contributed by atoms with Crippen LogP contribution in [0.1, 0.15) is 49.0 Å². The maximum absolute atomic E-state index is 10.1. The van der Waals surface area contributed by atoms with Crippen molar-refractivity contribution in [2.24, 2.45) is 0 Å². The molecule has 3 aromatic rings. The number of hydrogen-bond acceptors (Lipinski definition) is 7. The molecule has 0 amide bonds. The average molecular weight is 396 g/mol. The molecule has 0 aliphatic heterocycles. The third kappa shape index (κ3) is 4.23. The minimum atomic E-state index is -0.871. The Morgan fingerprint density at radius 2 is 2.00 bits per heavy atom. The monoisotopic (exact) mass is 396 g/mol. The highest BCUT2D eigenvalue weighted by Gasteiger charge is 2.29. The SMILES string of the molecule is CN(C)CCn1nnc2c1CC(c1nc(-c3ccc(C(C)(C)O)cc3)no1)CC2. The molecule has 0 saturated heterocycles. The molecule has 0 bridgehead atoms. The highest BCUT2D eigenvalue weighted by atomic mass is 16.5. The summed E-state index contributed by atoms with van der Waals surface area (Å²) < 4.78 is 7.62. The number of benzene rings is 1. The first-order chi connectivity index (χ1) is 13.8. The maximum Gasteiger partial charge on any atom is 0.230 e. The van der Waals surface area contributed by atoms with Crippen molar-refractivity contribution in [1.82, 2.24) is 30.0 Å². The second-order valence-corrected chi connectivity index (χ2v) is 8.54. The number of likely N-dealkylation sites (N-methyl/N-ethyl adjacent to an activating group) is 1. The predicted octanol–water partition coefficient (Wildman–Crippen LogP) is 2.39. The van der Waals surface area contributed by atoms with Gasteiger partial charge in [-0.05, 0) is 46.3 Å². The van der Waals surface area contributed by atoms with Crippen LogP contribution in [0, 0.1) is 0 Å². The normalized spacial score (nSPS) is 17.0. The molecule has 1 aromatic carbocycles. The standard InChI is InChI=1S/C21H28N6O2/c1-21(2,28)16-8-5-14(6-9-16)19-22-20(29-24-19)15-7-10-17-18(13-15)27(25-23-17)12-11-26(3)4/h5-6,8-9,15,28H,7,10-13H2,1-4H3. The Labute approximate surface area is 170 Å². The van der Waals surface area contributed by atoms with E-state index in [-0.39, 0.29) is 5.92 Å². The molecular formula is C21H28N6O2. The quantitative estimate of drug-likeness (QED) is 0.684. The van der Waals surface area contributed by atoms with Gasteiger partial charge in [-0.2, -0.15) is 4.98 Å². The first-order valence-electron chi connectivity index (χ1n) is 10.0. The van der Waals surface area contributed by atoms with Gasteiger partial charge in [0.1, 0.15) is 0 Å². The van der Waals surface area contributed by atoms with Gasteiger partial charge in [-0.3, -0.25) is 0 Å². The number of aryl methyl sites for hydroxylation is 1. The van der Waals surface area contributed by atoms with Gasteiger partial charge in [0.2, 0.25) is 11.7 Å². The summed E-state index contributed by atoms with van der Waals surface area (Å²) in [6.45, 7) is 5.28. The van der Waals surface area contributed by atoms with E-state index in [0.29, 0.717) is 11.7 Å². The minimum absolute atomic E-state index is 0.177. The number of aromatic nitrogens is 5. The van der Waals surface area contributed by atoms with E-state index in [1.165, 1.54) is 5.69 Å². The highest BCUT2D eigenvalue weighted by Crippen LogP contribution is 2.32. The molecule has 2 aromatic heterocycles. The van der Waals surface area contributed by atoms with Gasteiger partial charge < -0.3 is 14.5 Å². The van der Waals surface area contributed by atoms with Crippen LogP contribution < -0.4 is 0 Å². The van der Waals surface area contributed by atoms with Crippen LogP contribution in [0.25, 0.3) is 11.4 Å². The fourth-order valence-electron chi connectivity index (χ4n) is 3.66. The zero-order valence-corrected chi connectivity index (χ0v) is 17.5. The second kappa shape index (κ2) is 7.68. The van der Waals surface area contributed by atoms with Crippen molar-refractivity contribution in [2.45, 2.75) is 51.2 Å². The van der Waals surface area contributed by atoms with E-state index in [9.17, 15) is 5.11 Å². The van der Waals surface area contributed by atoms with Crippen LogP contribution in [0.15, 0.2) is 28.8 Å².